The molecule has 0 saturated carbocycles. The Balaban J connectivity index is 1.76. The van der Waals surface area contributed by atoms with Crippen molar-refractivity contribution < 1.29 is 19.1 Å². The van der Waals surface area contributed by atoms with Crippen LogP contribution >= 0.6 is 34.7 Å². The molecule has 2 amide bonds. The number of thioether (sulfide) groups is 1. The van der Waals surface area contributed by atoms with Crippen molar-refractivity contribution >= 4 is 57.5 Å². The highest BCUT2D eigenvalue weighted by molar-refractivity contribution is 7.99. The van der Waals surface area contributed by atoms with Crippen molar-refractivity contribution in [1.29, 1.82) is 0 Å². The Morgan fingerprint density at radius 3 is 2.72 bits per heavy atom. The zero-order valence-corrected chi connectivity index (χ0v) is 19.9. The zero-order chi connectivity index (χ0) is 23.4. The average Bonchev–Trinajstić information content (AvgIpc) is 3.33. The molecule has 2 heterocycles. The molecule has 0 aliphatic carbocycles. The third-order valence-electron chi connectivity index (χ3n) is 4.39. The van der Waals surface area contributed by atoms with E-state index in [0.717, 1.165) is 34.3 Å². The van der Waals surface area contributed by atoms with Crippen LogP contribution in [0.25, 0.3) is 5.69 Å². The number of aryl methyl sites for hydroxylation is 1. The summed E-state index contributed by atoms with van der Waals surface area (Å²) in [5, 5.41) is 12.0. The normalized spacial score (nSPS) is 10.8. The maximum atomic E-state index is 12.6. The second kappa shape index (κ2) is 10.2. The van der Waals surface area contributed by atoms with Crippen LogP contribution in [0.2, 0.25) is 5.02 Å². The van der Waals surface area contributed by atoms with Gasteiger partial charge in [-0.25, -0.2) is 4.79 Å². The van der Waals surface area contributed by atoms with Gasteiger partial charge < -0.3 is 15.8 Å². The number of carbonyl (C=O) groups is 3. The Hall–Kier alpha value is -2.89. The van der Waals surface area contributed by atoms with E-state index in [4.69, 9.17) is 22.1 Å². The molecule has 2 aromatic heterocycles. The van der Waals surface area contributed by atoms with Crippen molar-refractivity contribution in [3.05, 3.63) is 51.1 Å². The predicted molar refractivity (Wildman–Crippen MR) is 124 cm³/mol. The minimum atomic E-state index is -0.683. The van der Waals surface area contributed by atoms with Gasteiger partial charge in [-0.05, 0) is 44.0 Å². The van der Waals surface area contributed by atoms with Crippen molar-refractivity contribution in [2.75, 3.05) is 17.7 Å². The van der Waals surface area contributed by atoms with E-state index in [1.165, 1.54) is 6.33 Å². The number of anilines is 1. The lowest BCUT2D eigenvalue weighted by Crippen LogP contribution is -2.17. The Kier molecular flexibility index (Phi) is 7.54. The Labute approximate surface area is 197 Å². The van der Waals surface area contributed by atoms with E-state index in [0.29, 0.717) is 15.7 Å². The molecule has 1 aromatic carbocycles. The molecule has 9 nitrogen and oxygen atoms in total. The molecule has 0 fully saturated rings. The summed E-state index contributed by atoms with van der Waals surface area (Å²) in [4.78, 5) is 36.8. The summed E-state index contributed by atoms with van der Waals surface area (Å²) in [6, 6.07) is 5.54. The van der Waals surface area contributed by atoms with Gasteiger partial charge in [0.25, 0.3) is 5.91 Å². The van der Waals surface area contributed by atoms with Gasteiger partial charge in [-0.3, -0.25) is 14.2 Å². The summed E-state index contributed by atoms with van der Waals surface area (Å²) >= 11 is 8.30. The molecule has 3 rings (SSSR count). The van der Waals surface area contributed by atoms with Crippen LogP contribution in [0.5, 0.6) is 0 Å². The standard InChI is InChI=1S/C20H20ClN5O4S2/c1-4-30-19(29)15-11(3)16(17(22)28)32-18(15)24-14(27)8-31-20-25-23-9-26(20)12-6-5-10(2)13(21)7-12/h5-7,9H,4,8H2,1-3H3,(H2,22,28)(H,24,27). The molecule has 32 heavy (non-hydrogen) atoms. The summed E-state index contributed by atoms with van der Waals surface area (Å²) < 4.78 is 6.77. The molecule has 0 aliphatic rings. The molecule has 12 heteroatoms. The van der Waals surface area contributed by atoms with E-state index in [-0.39, 0.29) is 27.8 Å². The Morgan fingerprint density at radius 2 is 2.06 bits per heavy atom. The molecule has 0 spiro atoms. The number of ether oxygens (including phenoxy) is 1. The van der Waals surface area contributed by atoms with Crippen LogP contribution in [0.4, 0.5) is 5.00 Å². The lowest BCUT2D eigenvalue weighted by atomic mass is 10.1. The molecule has 168 valence electrons. The van der Waals surface area contributed by atoms with E-state index in [1.54, 1.807) is 24.5 Å². The van der Waals surface area contributed by atoms with Crippen molar-refractivity contribution in [3.8, 4) is 5.69 Å². The highest BCUT2D eigenvalue weighted by Crippen LogP contribution is 2.34. The predicted octanol–water partition coefficient (Wildman–Crippen LogP) is 3.61. The molecule has 0 atom stereocenters. The quantitative estimate of drug-likeness (QED) is 0.362. The second-order valence-electron chi connectivity index (χ2n) is 6.60. The van der Waals surface area contributed by atoms with Gasteiger partial charge in [-0.1, -0.05) is 29.4 Å². The number of nitrogens with zero attached hydrogens (tertiary/aromatic N) is 3. The van der Waals surface area contributed by atoms with Gasteiger partial charge in [0, 0.05) is 5.02 Å². The first-order valence-electron chi connectivity index (χ1n) is 9.42. The first-order valence-corrected chi connectivity index (χ1v) is 11.6. The van der Waals surface area contributed by atoms with E-state index >= 15 is 0 Å². The first kappa shape index (κ1) is 23.8. The van der Waals surface area contributed by atoms with Crippen molar-refractivity contribution in [1.82, 2.24) is 14.8 Å². The van der Waals surface area contributed by atoms with Crippen LogP contribution in [-0.2, 0) is 9.53 Å². The highest BCUT2D eigenvalue weighted by Gasteiger charge is 2.25. The van der Waals surface area contributed by atoms with Crippen molar-refractivity contribution in [2.45, 2.75) is 25.9 Å². The summed E-state index contributed by atoms with van der Waals surface area (Å²) in [6.45, 7) is 5.31. The molecule has 3 aromatic rings. The number of aromatic nitrogens is 3. The van der Waals surface area contributed by atoms with Crippen LogP contribution in [0.15, 0.2) is 29.7 Å². The topological polar surface area (TPSA) is 129 Å². The molecule has 0 radical (unpaired) electrons. The monoisotopic (exact) mass is 493 g/mol. The number of hydrogen-bond acceptors (Lipinski definition) is 8. The van der Waals surface area contributed by atoms with Crippen molar-refractivity contribution in [2.24, 2.45) is 5.73 Å². The van der Waals surface area contributed by atoms with Crippen LogP contribution in [0, 0.1) is 13.8 Å². The zero-order valence-electron chi connectivity index (χ0n) is 17.5. The Morgan fingerprint density at radius 1 is 1.31 bits per heavy atom. The van der Waals surface area contributed by atoms with E-state index < -0.39 is 17.8 Å². The van der Waals surface area contributed by atoms with Crippen LogP contribution in [0.3, 0.4) is 0 Å². The maximum absolute atomic E-state index is 12.6. The molecule has 0 unspecified atom stereocenters. The van der Waals surface area contributed by atoms with Gasteiger partial charge in [0.2, 0.25) is 5.91 Å². The third-order valence-corrected chi connectivity index (χ3v) is 6.96. The number of nitrogens with two attached hydrogens (primary N) is 1. The van der Waals surface area contributed by atoms with Crippen molar-refractivity contribution in [3.63, 3.8) is 0 Å². The largest absolute Gasteiger partial charge is 0.462 e. The lowest BCUT2D eigenvalue weighted by Gasteiger charge is -2.09. The minimum Gasteiger partial charge on any atom is -0.462 e. The van der Waals surface area contributed by atoms with E-state index in [1.807, 2.05) is 19.1 Å². The number of benzene rings is 1. The number of esters is 1. The van der Waals surface area contributed by atoms with Crippen LogP contribution < -0.4 is 11.1 Å². The SMILES string of the molecule is CCOC(=O)c1c(NC(=O)CSc2nncn2-c2ccc(C)c(Cl)c2)sc(C(N)=O)c1C. The number of thiophene rings is 1. The van der Waals surface area contributed by atoms with Gasteiger partial charge in [-0.2, -0.15) is 0 Å². The smallest absolute Gasteiger partial charge is 0.341 e. The minimum absolute atomic E-state index is 0.0105. The van der Waals surface area contributed by atoms with Crippen LogP contribution in [0.1, 0.15) is 38.1 Å². The number of nitrogens with one attached hydrogen (secondary N) is 1. The van der Waals surface area contributed by atoms with Gasteiger partial charge in [0.05, 0.1) is 28.5 Å². The Bertz CT molecular complexity index is 1190. The number of rotatable bonds is 8. The van der Waals surface area contributed by atoms with Gasteiger partial charge >= 0.3 is 5.97 Å². The van der Waals surface area contributed by atoms with Gasteiger partial charge in [0.15, 0.2) is 5.16 Å². The fourth-order valence-corrected chi connectivity index (χ4v) is 4.78. The molecular formula is C20H20ClN5O4S2. The summed E-state index contributed by atoms with van der Waals surface area (Å²) in [5.74, 6) is -1.72. The molecule has 0 bridgehead atoms. The summed E-state index contributed by atoms with van der Waals surface area (Å²) in [6.07, 6.45) is 1.53. The number of carbonyl (C=O) groups excluding carboxylic acids is 3. The third kappa shape index (κ3) is 5.12. The number of amides is 2. The highest BCUT2D eigenvalue weighted by atomic mass is 35.5. The molecule has 3 N–H and O–H groups in total. The van der Waals surface area contributed by atoms with Crippen LogP contribution in [-0.4, -0.2) is 44.9 Å². The number of hydrogen-bond donors (Lipinski definition) is 2. The summed E-state index contributed by atoms with van der Waals surface area (Å²) in [7, 11) is 0. The maximum Gasteiger partial charge on any atom is 0.341 e. The number of halogens is 1. The molecular weight excluding hydrogens is 474 g/mol. The second-order valence-corrected chi connectivity index (χ2v) is 8.97. The van der Waals surface area contributed by atoms with E-state index in [9.17, 15) is 14.4 Å². The average molecular weight is 494 g/mol. The van der Waals surface area contributed by atoms with E-state index in [2.05, 4.69) is 15.5 Å². The molecule has 0 aliphatic heterocycles. The van der Waals surface area contributed by atoms with Gasteiger partial charge in [-0.15, -0.1) is 21.5 Å². The molecule has 0 saturated heterocycles. The lowest BCUT2D eigenvalue weighted by molar-refractivity contribution is -0.113. The number of primary amides is 1. The first-order chi connectivity index (χ1) is 15.2. The summed E-state index contributed by atoms with van der Waals surface area (Å²) in [5.41, 5.74) is 7.60. The van der Waals surface area contributed by atoms with Gasteiger partial charge in [0.1, 0.15) is 11.3 Å². The fourth-order valence-electron chi connectivity index (χ4n) is 2.81. The fraction of sp³-hybridized carbons (Fsp3) is 0.250.